The van der Waals surface area contributed by atoms with Crippen LogP contribution in [0.25, 0.3) is 10.9 Å². The number of amides is 5. The summed E-state index contributed by atoms with van der Waals surface area (Å²) in [4.78, 5) is 104. The largest absolute Gasteiger partial charge is 0.459 e. The number of imidazole rings is 1. The number of para-hydroxylation sites is 1. The van der Waals surface area contributed by atoms with Crippen LogP contribution in [0.5, 0.6) is 0 Å². The van der Waals surface area contributed by atoms with E-state index in [1.54, 1.807) is 30.5 Å². The Kier molecular flexibility index (Phi) is 18.3. The number of hydrogen-bond acceptors (Lipinski definition) is 13. The van der Waals surface area contributed by atoms with E-state index in [0.29, 0.717) is 54.0 Å². The summed E-state index contributed by atoms with van der Waals surface area (Å²) in [6.45, 7) is 7.13. The van der Waals surface area contributed by atoms with Gasteiger partial charge in [-0.25, -0.2) is 20.4 Å². The van der Waals surface area contributed by atoms with Crippen LogP contribution in [0.4, 0.5) is 10.5 Å². The number of ether oxygens (including phenoxy) is 1. The number of nitrogens with one attached hydrogen (secondary N) is 8. The van der Waals surface area contributed by atoms with Gasteiger partial charge in [0.1, 0.15) is 30.8 Å². The Morgan fingerprint density at radius 2 is 1.48 bits per heavy atom. The van der Waals surface area contributed by atoms with Crippen molar-refractivity contribution in [3.05, 3.63) is 95.3 Å². The number of aliphatic hydroxyl groups is 1. The minimum absolute atomic E-state index is 0.00859. The van der Waals surface area contributed by atoms with Crippen molar-refractivity contribution in [2.75, 3.05) is 18.5 Å². The number of allylic oxidation sites excluding steroid dienone is 2. The first-order chi connectivity index (χ1) is 32.0. The number of Topliss-reactive ketones (excluding diaryl/α,β-unsaturated/α-hetero) is 2. The van der Waals surface area contributed by atoms with Gasteiger partial charge in [-0.15, -0.1) is 0 Å². The van der Waals surface area contributed by atoms with Crippen LogP contribution >= 0.6 is 0 Å². The molecule has 1 aliphatic rings. The highest BCUT2D eigenvalue weighted by atomic mass is 16.5. The van der Waals surface area contributed by atoms with Crippen LogP contribution in [-0.4, -0.2) is 98.7 Å². The van der Waals surface area contributed by atoms with Crippen LogP contribution in [0.1, 0.15) is 83.0 Å². The molecule has 5 amide bonds. The monoisotopic (exact) mass is 925 g/mol. The van der Waals surface area contributed by atoms with Crippen molar-refractivity contribution in [2.45, 2.75) is 110 Å². The number of hydrazine groups is 1. The Morgan fingerprint density at radius 3 is 2.10 bits per heavy atom. The number of aliphatic hydroxyl groups excluding tert-OH is 1. The van der Waals surface area contributed by atoms with Crippen LogP contribution in [0.3, 0.4) is 0 Å². The summed E-state index contributed by atoms with van der Waals surface area (Å²) in [5.74, 6) is 1.85. The van der Waals surface area contributed by atoms with Crippen LogP contribution < -0.4 is 43.6 Å². The third-order valence-corrected chi connectivity index (χ3v) is 11.2. The van der Waals surface area contributed by atoms with E-state index < -0.39 is 65.9 Å². The second-order valence-electron chi connectivity index (χ2n) is 17.9. The molecule has 4 atom stereocenters. The first-order valence-electron chi connectivity index (χ1n) is 22.3. The lowest BCUT2D eigenvalue weighted by atomic mass is 9.73. The Morgan fingerprint density at radius 1 is 0.836 bits per heavy atom. The number of nitrogens with zero attached hydrogens (tertiary/aromatic N) is 1. The number of benzene rings is 2. The molecule has 0 aliphatic heterocycles. The van der Waals surface area contributed by atoms with Gasteiger partial charge in [-0.1, -0.05) is 58.0 Å². The molecule has 20 nitrogen and oxygen atoms in total. The number of urea groups is 1. The number of hydrogen-bond donors (Lipinski definition) is 11. The molecule has 2 heterocycles. The third kappa shape index (κ3) is 14.8. The average Bonchev–Trinajstić information content (AvgIpc) is 3.96. The fourth-order valence-electron chi connectivity index (χ4n) is 7.84. The molecule has 13 N–H and O–H groups in total. The summed E-state index contributed by atoms with van der Waals surface area (Å²) in [6, 6.07) is 8.15. The Labute approximate surface area is 388 Å². The number of ketones is 2. The molecule has 2 aromatic heterocycles. The van der Waals surface area contributed by atoms with E-state index in [1.807, 2.05) is 57.4 Å². The molecule has 360 valence electrons. The molecule has 1 fully saturated rings. The number of carbonyl (C=O) groups excluding carboxylic acids is 7. The molecule has 1 saturated carbocycles. The maximum atomic E-state index is 13.9. The zero-order chi connectivity index (χ0) is 48.7. The molecule has 1 aliphatic carbocycles. The lowest BCUT2D eigenvalue weighted by molar-refractivity contribution is -0.149. The van der Waals surface area contributed by atoms with Crippen molar-refractivity contribution in [3.8, 4) is 0 Å². The van der Waals surface area contributed by atoms with Gasteiger partial charge in [-0.05, 0) is 72.9 Å². The highest BCUT2D eigenvalue weighted by Gasteiger charge is 2.38. The van der Waals surface area contributed by atoms with Gasteiger partial charge in [-0.3, -0.25) is 29.4 Å². The topological polar surface area (TPSA) is 318 Å². The molecule has 0 bridgehead atoms. The number of aromatic amines is 2. The molecule has 4 aromatic rings. The minimum Gasteiger partial charge on any atom is -0.459 e. The normalized spacial score (nSPS) is 15.3. The minimum atomic E-state index is -1.57. The van der Waals surface area contributed by atoms with Crippen LogP contribution in [0, 0.1) is 11.3 Å². The molecule has 0 radical (unpaired) electrons. The number of nitrogens with two attached hydrogens (primary N) is 2. The van der Waals surface area contributed by atoms with Gasteiger partial charge in [0.2, 0.25) is 17.7 Å². The molecule has 0 unspecified atom stereocenters. The zero-order valence-corrected chi connectivity index (χ0v) is 38.3. The van der Waals surface area contributed by atoms with Crippen molar-refractivity contribution in [2.24, 2.45) is 22.9 Å². The van der Waals surface area contributed by atoms with Crippen LogP contribution in [0.15, 0.2) is 78.5 Å². The van der Waals surface area contributed by atoms with E-state index in [9.17, 15) is 38.7 Å². The predicted molar refractivity (Wildman–Crippen MR) is 249 cm³/mol. The number of unbranched alkanes of at least 4 members (excludes halogenated alkanes) is 1. The number of fused-ring (bicyclic) bond motifs is 1. The fraction of sp³-hybridized carbons (Fsp3) is 0.447. The molecular weight excluding hydrogens is 863 g/mol. The number of rotatable bonds is 23. The first-order valence-corrected chi connectivity index (χ1v) is 22.3. The van der Waals surface area contributed by atoms with Gasteiger partial charge in [0, 0.05) is 60.4 Å². The molecular formula is C47H63N11O9. The van der Waals surface area contributed by atoms with Gasteiger partial charge >= 0.3 is 12.0 Å². The second-order valence-corrected chi connectivity index (χ2v) is 17.9. The van der Waals surface area contributed by atoms with E-state index in [-0.39, 0.29) is 61.8 Å². The van der Waals surface area contributed by atoms with Gasteiger partial charge in [0.25, 0.3) is 0 Å². The van der Waals surface area contributed by atoms with E-state index >= 15 is 0 Å². The summed E-state index contributed by atoms with van der Waals surface area (Å²) in [5, 5.41) is 24.7. The third-order valence-electron chi connectivity index (χ3n) is 11.2. The van der Waals surface area contributed by atoms with Crippen LogP contribution in [-0.2, 0) is 53.0 Å². The average molecular weight is 926 g/mol. The number of H-pyrrole nitrogens is 2. The van der Waals surface area contributed by atoms with Gasteiger partial charge in [0.15, 0.2) is 11.6 Å². The van der Waals surface area contributed by atoms with E-state index in [4.69, 9.17) is 16.3 Å². The smallest absolute Gasteiger partial charge is 0.329 e. The van der Waals surface area contributed by atoms with E-state index in [2.05, 4.69) is 41.5 Å². The van der Waals surface area contributed by atoms with Gasteiger partial charge < -0.3 is 52.1 Å². The summed E-state index contributed by atoms with van der Waals surface area (Å²) in [7, 11) is 0. The SMILES string of the molecule is CC(C)CC(Nc1ccc(COC(=O)[C@H](CCCCN)NC(=O)[C@@H](CO)NC(=O)[C@H](Cc2c[nH]cn2)NC(=O)[C@@H](Cc2c[nH]c3ccccc23)NC(=O)NN)cc1)=C1C(=O)CC(C)(C)CC1=O. The quantitative estimate of drug-likeness (QED) is 0.00969. The molecule has 2 aromatic carbocycles. The maximum Gasteiger partial charge on any atom is 0.329 e. The van der Waals surface area contributed by atoms with Crippen LogP contribution in [0.2, 0.25) is 0 Å². The van der Waals surface area contributed by atoms with Crippen molar-refractivity contribution in [1.82, 2.24) is 41.6 Å². The van der Waals surface area contributed by atoms with Crippen molar-refractivity contribution < 1.29 is 43.4 Å². The first kappa shape index (κ1) is 51.1. The maximum absolute atomic E-state index is 13.9. The highest BCUT2D eigenvalue weighted by molar-refractivity contribution is 6.23. The number of carbonyl (C=O) groups is 7. The summed E-state index contributed by atoms with van der Waals surface area (Å²) in [5.41, 5.74) is 11.2. The number of aromatic nitrogens is 3. The Hall–Kier alpha value is -6.90. The summed E-state index contributed by atoms with van der Waals surface area (Å²) in [6.07, 6.45) is 6.64. The highest BCUT2D eigenvalue weighted by Crippen LogP contribution is 2.36. The molecule has 20 heteroatoms. The van der Waals surface area contributed by atoms with E-state index in [1.165, 1.54) is 12.5 Å². The fourth-order valence-corrected chi connectivity index (χ4v) is 7.84. The Balaban J connectivity index is 1.24. The van der Waals surface area contributed by atoms with Crippen molar-refractivity contribution in [3.63, 3.8) is 0 Å². The molecule has 5 rings (SSSR count). The number of anilines is 1. The second kappa shape index (κ2) is 24.0. The van der Waals surface area contributed by atoms with Crippen molar-refractivity contribution >= 4 is 57.9 Å². The standard InChI is InChI=1S/C47H63N11O9/c1-27(2)17-35(41-39(60)20-47(3,4)21-40(41)61)53-30-14-12-28(13-15-30)25-67-45(65)34(11-7-8-16-48)54-44(64)38(24-59)56-43(63)37(19-31-23-50-26-52-31)55-42(62)36(57-46(66)58-49)18-29-22-51-33-10-6-5-9-32(29)33/h5-6,9-10,12-15,22-23,26-27,34,36-38,51,53,59H,7-8,11,16-21,24-25,48-49H2,1-4H3,(H,50,52)(H,54,64)(H,55,62)(H,56,63)(H2,57,58,66)/t34-,36+,37-,38+/m0/s1. The van der Waals surface area contributed by atoms with Gasteiger partial charge in [-0.2, -0.15) is 0 Å². The predicted octanol–water partition coefficient (Wildman–Crippen LogP) is 2.21. The lowest BCUT2D eigenvalue weighted by Crippen LogP contribution is -2.60. The number of esters is 1. The van der Waals surface area contributed by atoms with Crippen molar-refractivity contribution in [1.29, 1.82) is 0 Å². The molecule has 67 heavy (non-hydrogen) atoms. The zero-order valence-electron chi connectivity index (χ0n) is 38.3. The summed E-state index contributed by atoms with van der Waals surface area (Å²) < 4.78 is 5.64. The lowest BCUT2D eigenvalue weighted by Gasteiger charge is -2.30. The summed E-state index contributed by atoms with van der Waals surface area (Å²) >= 11 is 0. The van der Waals surface area contributed by atoms with Gasteiger partial charge in [0.05, 0.1) is 24.2 Å². The van der Waals surface area contributed by atoms with E-state index in [0.717, 1.165) is 10.9 Å². The molecule has 0 spiro atoms. The Bertz CT molecular complexity index is 2370. The molecule has 0 saturated heterocycles.